The minimum absolute atomic E-state index is 0.0263. The Morgan fingerprint density at radius 1 is 1.28 bits per heavy atom. The van der Waals surface area contributed by atoms with Crippen molar-refractivity contribution in [2.75, 3.05) is 45.2 Å². The molecule has 2 fully saturated rings. The summed E-state index contributed by atoms with van der Waals surface area (Å²) in [5, 5.41) is 11.7. The monoisotopic (exact) mass is 346 g/mol. The second-order valence-corrected chi connectivity index (χ2v) is 7.08. The summed E-state index contributed by atoms with van der Waals surface area (Å²) in [7, 11) is 5.54. The number of hydrogen-bond donors (Lipinski definition) is 0. The summed E-state index contributed by atoms with van der Waals surface area (Å²) in [4.78, 5) is 22.9. The predicted octanol–water partition coefficient (Wildman–Crippen LogP) is -0.532. The first kappa shape index (κ1) is 16.0. The van der Waals surface area contributed by atoms with Crippen LogP contribution in [0.4, 0.5) is 5.95 Å². The van der Waals surface area contributed by atoms with Gasteiger partial charge in [0.25, 0.3) is 11.9 Å². The standard InChI is InChI=1S/C15H22N8O2/c1-20(2)15-16-13(25-18-15)9-22-4-10-6-23(7-11(10)5-22)14(24)12-8-21(3)19-17-12/h8,10-11H,4-7,9H2,1-3H3/t10-,11+. The molecule has 0 N–H and O–H groups in total. The molecule has 4 rings (SSSR count). The van der Waals surface area contributed by atoms with Crippen molar-refractivity contribution < 1.29 is 9.32 Å². The van der Waals surface area contributed by atoms with Crippen molar-refractivity contribution in [3.05, 3.63) is 17.8 Å². The molecule has 2 aliphatic heterocycles. The third-order valence-electron chi connectivity index (χ3n) is 4.89. The zero-order valence-corrected chi connectivity index (χ0v) is 14.7. The van der Waals surface area contributed by atoms with Crippen molar-refractivity contribution in [3.8, 4) is 0 Å². The van der Waals surface area contributed by atoms with Crippen LogP contribution in [0.2, 0.25) is 0 Å². The van der Waals surface area contributed by atoms with Crippen LogP contribution < -0.4 is 4.90 Å². The van der Waals surface area contributed by atoms with Gasteiger partial charge in [0, 0.05) is 47.3 Å². The van der Waals surface area contributed by atoms with Crippen LogP contribution in [0.15, 0.2) is 10.7 Å². The number of aryl methyl sites for hydroxylation is 1. The molecule has 134 valence electrons. The van der Waals surface area contributed by atoms with E-state index < -0.39 is 0 Å². The van der Waals surface area contributed by atoms with E-state index in [9.17, 15) is 4.79 Å². The summed E-state index contributed by atoms with van der Waals surface area (Å²) in [5.41, 5.74) is 0.418. The van der Waals surface area contributed by atoms with Crippen molar-refractivity contribution >= 4 is 11.9 Å². The van der Waals surface area contributed by atoms with E-state index in [1.54, 1.807) is 17.9 Å². The first-order valence-corrected chi connectivity index (χ1v) is 8.37. The molecular weight excluding hydrogens is 324 g/mol. The van der Waals surface area contributed by atoms with Gasteiger partial charge in [0.05, 0.1) is 12.7 Å². The molecule has 2 atom stereocenters. The van der Waals surface area contributed by atoms with Gasteiger partial charge >= 0.3 is 0 Å². The smallest absolute Gasteiger partial charge is 0.276 e. The van der Waals surface area contributed by atoms with Crippen LogP contribution >= 0.6 is 0 Å². The van der Waals surface area contributed by atoms with Gasteiger partial charge in [0.2, 0.25) is 5.89 Å². The van der Waals surface area contributed by atoms with Crippen molar-refractivity contribution in [2.24, 2.45) is 18.9 Å². The van der Waals surface area contributed by atoms with Crippen LogP contribution in [-0.2, 0) is 13.6 Å². The van der Waals surface area contributed by atoms with Crippen molar-refractivity contribution in [1.82, 2.24) is 34.9 Å². The van der Waals surface area contributed by atoms with Gasteiger partial charge in [-0.15, -0.1) is 5.10 Å². The van der Waals surface area contributed by atoms with Crippen LogP contribution in [0.5, 0.6) is 0 Å². The Kier molecular flexibility index (Phi) is 3.91. The fraction of sp³-hybridized carbons (Fsp3) is 0.667. The molecule has 0 aliphatic carbocycles. The van der Waals surface area contributed by atoms with Gasteiger partial charge in [-0.25, -0.2) is 0 Å². The normalized spacial score (nSPS) is 23.2. The van der Waals surface area contributed by atoms with E-state index in [-0.39, 0.29) is 5.91 Å². The van der Waals surface area contributed by atoms with Gasteiger partial charge in [-0.3, -0.25) is 14.4 Å². The third-order valence-corrected chi connectivity index (χ3v) is 4.89. The zero-order valence-electron chi connectivity index (χ0n) is 14.7. The quantitative estimate of drug-likeness (QED) is 0.729. The highest BCUT2D eigenvalue weighted by molar-refractivity contribution is 5.92. The molecule has 10 heteroatoms. The Balaban J connectivity index is 1.33. The Labute approximate surface area is 145 Å². The van der Waals surface area contributed by atoms with Gasteiger partial charge in [-0.2, -0.15) is 4.98 Å². The molecule has 0 bridgehead atoms. The van der Waals surface area contributed by atoms with Gasteiger partial charge in [-0.05, 0) is 17.0 Å². The lowest BCUT2D eigenvalue weighted by atomic mass is 10.0. The lowest BCUT2D eigenvalue weighted by Gasteiger charge is -2.19. The number of carbonyl (C=O) groups excluding carboxylic acids is 1. The van der Waals surface area contributed by atoms with E-state index in [2.05, 4.69) is 25.4 Å². The van der Waals surface area contributed by atoms with Gasteiger partial charge < -0.3 is 14.3 Å². The number of carbonyl (C=O) groups is 1. The highest BCUT2D eigenvalue weighted by Crippen LogP contribution is 2.32. The van der Waals surface area contributed by atoms with Crippen molar-refractivity contribution in [1.29, 1.82) is 0 Å². The first-order chi connectivity index (χ1) is 12.0. The Morgan fingerprint density at radius 2 is 2.00 bits per heavy atom. The molecule has 25 heavy (non-hydrogen) atoms. The molecule has 0 radical (unpaired) electrons. The molecule has 2 aliphatic rings. The van der Waals surface area contributed by atoms with E-state index >= 15 is 0 Å². The first-order valence-electron chi connectivity index (χ1n) is 8.37. The number of hydrogen-bond acceptors (Lipinski definition) is 8. The van der Waals surface area contributed by atoms with Gasteiger partial charge in [0.15, 0.2) is 5.69 Å². The molecule has 4 heterocycles. The number of amides is 1. The molecule has 1 amide bonds. The van der Waals surface area contributed by atoms with Gasteiger partial charge in [0.1, 0.15) is 0 Å². The van der Waals surface area contributed by atoms with Crippen LogP contribution in [0.1, 0.15) is 16.4 Å². The molecule has 2 aromatic rings. The number of likely N-dealkylation sites (tertiary alicyclic amines) is 2. The predicted molar refractivity (Wildman–Crippen MR) is 87.8 cm³/mol. The minimum atomic E-state index is -0.0263. The van der Waals surface area contributed by atoms with Crippen molar-refractivity contribution in [3.63, 3.8) is 0 Å². The second kappa shape index (κ2) is 6.10. The number of aromatic nitrogens is 5. The largest absolute Gasteiger partial charge is 0.344 e. The number of nitrogens with zero attached hydrogens (tertiary/aromatic N) is 8. The number of rotatable bonds is 4. The topological polar surface area (TPSA) is 96.4 Å². The summed E-state index contributed by atoms with van der Waals surface area (Å²) in [6, 6.07) is 0. The second-order valence-electron chi connectivity index (χ2n) is 7.08. The van der Waals surface area contributed by atoms with E-state index in [4.69, 9.17) is 4.52 Å². The summed E-state index contributed by atoms with van der Waals surface area (Å²) in [5.74, 6) is 2.17. The van der Waals surface area contributed by atoms with E-state index in [1.165, 1.54) is 0 Å². The maximum absolute atomic E-state index is 12.5. The molecule has 10 nitrogen and oxygen atoms in total. The summed E-state index contributed by atoms with van der Waals surface area (Å²) in [6.45, 7) is 4.07. The van der Waals surface area contributed by atoms with Crippen LogP contribution in [0.3, 0.4) is 0 Å². The van der Waals surface area contributed by atoms with Crippen LogP contribution in [0, 0.1) is 11.8 Å². The minimum Gasteiger partial charge on any atom is -0.344 e. The SMILES string of the molecule is CN(C)c1noc(CN2C[C@@H]3CN(C(=O)c4cn(C)nn4)C[C@@H]3C2)n1. The highest BCUT2D eigenvalue weighted by atomic mass is 16.5. The summed E-state index contributed by atoms with van der Waals surface area (Å²) in [6.07, 6.45) is 1.67. The summed E-state index contributed by atoms with van der Waals surface area (Å²) >= 11 is 0. The maximum Gasteiger partial charge on any atom is 0.276 e. The average Bonchev–Trinajstić information content (AvgIpc) is 3.29. The number of anilines is 1. The summed E-state index contributed by atoms with van der Waals surface area (Å²) < 4.78 is 6.86. The molecule has 0 spiro atoms. The molecular formula is C15H22N8O2. The molecule has 0 saturated carbocycles. The lowest BCUT2D eigenvalue weighted by molar-refractivity contribution is 0.0766. The molecule has 0 aromatic carbocycles. The zero-order chi connectivity index (χ0) is 17.6. The fourth-order valence-electron chi connectivity index (χ4n) is 3.68. The van der Waals surface area contributed by atoms with E-state index in [1.807, 2.05) is 23.9 Å². The van der Waals surface area contributed by atoms with Crippen LogP contribution in [-0.4, -0.2) is 81.1 Å². The Bertz CT molecular complexity index is 755. The van der Waals surface area contributed by atoms with E-state index in [0.717, 1.165) is 26.2 Å². The molecule has 2 aromatic heterocycles. The maximum atomic E-state index is 12.5. The fourth-order valence-corrected chi connectivity index (χ4v) is 3.68. The van der Waals surface area contributed by atoms with E-state index in [0.29, 0.717) is 35.9 Å². The highest BCUT2D eigenvalue weighted by Gasteiger charge is 2.42. The van der Waals surface area contributed by atoms with Crippen LogP contribution in [0.25, 0.3) is 0 Å². The third kappa shape index (κ3) is 3.09. The Morgan fingerprint density at radius 3 is 2.56 bits per heavy atom. The molecule has 2 saturated heterocycles. The average molecular weight is 346 g/mol. The van der Waals surface area contributed by atoms with Gasteiger partial charge in [-0.1, -0.05) is 5.21 Å². The van der Waals surface area contributed by atoms with Crippen molar-refractivity contribution in [2.45, 2.75) is 6.54 Å². The lowest BCUT2D eigenvalue weighted by Crippen LogP contribution is -2.33. The number of fused-ring (bicyclic) bond motifs is 1. The molecule has 0 unspecified atom stereocenters. The Hall–Kier alpha value is -2.49.